The molecule has 36 heavy (non-hydrogen) atoms. The van der Waals surface area contributed by atoms with Crippen LogP contribution in [0.15, 0.2) is 48.5 Å². The number of benzene rings is 2. The molecule has 0 aliphatic heterocycles. The minimum atomic E-state index is -1.21. The predicted octanol–water partition coefficient (Wildman–Crippen LogP) is 0.0367. The average Bonchev–Trinajstić information content (AvgIpc) is 2.83. The number of rotatable bonds is 12. The number of amides is 3. The van der Waals surface area contributed by atoms with Crippen molar-refractivity contribution in [2.24, 2.45) is 11.7 Å². The highest BCUT2D eigenvalue weighted by molar-refractivity contribution is 5.94. The van der Waals surface area contributed by atoms with Crippen molar-refractivity contribution in [3.8, 4) is 11.5 Å². The molecular formula is C25H32N4O7. The number of phenolic OH excluding ortho intramolecular Hbond substituents is 2. The van der Waals surface area contributed by atoms with E-state index in [-0.39, 0.29) is 30.9 Å². The lowest BCUT2D eigenvalue weighted by molar-refractivity contribution is -0.143. The average molecular weight is 501 g/mol. The Balaban J connectivity index is 2.29. The smallest absolute Gasteiger partial charge is 0.326 e. The Morgan fingerprint density at radius 2 is 1.17 bits per heavy atom. The van der Waals surface area contributed by atoms with Gasteiger partial charge >= 0.3 is 5.97 Å². The van der Waals surface area contributed by atoms with Gasteiger partial charge in [-0.05, 0) is 41.3 Å². The van der Waals surface area contributed by atoms with Crippen LogP contribution in [-0.4, -0.2) is 63.7 Å². The summed E-state index contributed by atoms with van der Waals surface area (Å²) in [6.07, 6.45) is 0.0498. The molecule has 0 aliphatic carbocycles. The molecule has 0 fully saturated rings. The monoisotopic (exact) mass is 500 g/mol. The second-order valence-corrected chi connectivity index (χ2v) is 8.70. The molecule has 194 valence electrons. The Bertz CT molecular complexity index is 1060. The summed E-state index contributed by atoms with van der Waals surface area (Å²) in [6, 6.07) is 8.59. The molecule has 2 aromatic carbocycles. The first-order valence-corrected chi connectivity index (χ1v) is 11.4. The minimum Gasteiger partial charge on any atom is -0.508 e. The summed E-state index contributed by atoms with van der Waals surface area (Å²) >= 11 is 0. The zero-order chi connectivity index (χ0) is 26.8. The number of carboxylic acid groups (broad SMARTS) is 1. The third-order valence-corrected chi connectivity index (χ3v) is 5.45. The first kappa shape index (κ1) is 28.1. The van der Waals surface area contributed by atoms with Gasteiger partial charge in [0.2, 0.25) is 17.7 Å². The molecule has 0 aromatic heterocycles. The number of phenols is 2. The number of carbonyl (C=O) groups excluding carboxylic acids is 3. The number of aliphatic carboxylic acids is 1. The van der Waals surface area contributed by atoms with E-state index in [2.05, 4.69) is 16.0 Å². The summed E-state index contributed by atoms with van der Waals surface area (Å²) < 4.78 is 0. The van der Waals surface area contributed by atoms with E-state index in [9.17, 15) is 34.5 Å². The van der Waals surface area contributed by atoms with Crippen LogP contribution < -0.4 is 21.7 Å². The third kappa shape index (κ3) is 8.58. The van der Waals surface area contributed by atoms with Crippen LogP contribution in [0.1, 0.15) is 25.0 Å². The van der Waals surface area contributed by atoms with Crippen molar-refractivity contribution < 1.29 is 34.5 Å². The van der Waals surface area contributed by atoms with Crippen molar-refractivity contribution in [2.75, 3.05) is 6.54 Å². The summed E-state index contributed by atoms with van der Waals surface area (Å²) in [6.45, 7) is 2.93. The molecule has 0 saturated carbocycles. The summed E-state index contributed by atoms with van der Waals surface area (Å²) in [5.74, 6) is -3.55. The minimum absolute atomic E-state index is 0.000940. The normalized spacial score (nSPS) is 13.3. The van der Waals surface area contributed by atoms with Crippen LogP contribution in [0.25, 0.3) is 0 Å². The quantitative estimate of drug-likeness (QED) is 0.212. The number of nitrogens with two attached hydrogens (primary N) is 1. The number of nitrogens with one attached hydrogen (secondary N) is 3. The van der Waals surface area contributed by atoms with E-state index in [0.717, 1.165) is 0 Å². The van der Waals surface area contributed by atoms with Crippen LogP contribution in [-0.2, 0) is 32.0 Å². The molecule has 3 atom stereocenters. The fourth-order valence-corrected chi connectivity index (χ4v) is 3.45. The zero-order valence-corrected chi connectivity index (χ0v) is 20.1. The summed E-state index contributed by atoms with van der Waals surface area (Å²) in [5, 5.41) is 36.1. The summed E-state index contributed by atoms with van der Waals surface area (Å²) in [4.78, 5) is 49.9. The summed E-state index contributed by atoms with van der Waals surface area (Å²) in [7, 11) is 0. The van der Waals surface area contributed by atoms with Gasteiger partial charge in [-0.25, -0.2) is 4.79 Å². The highest BCUT2D eigenvalue weighted by atomic mass is 16.4. The molecule has 0 spiro atoms. The van der Waals surface area contributed by atoms with E-state index >= 15 is 0 Å². The van der Waals surface area contributed by atoms with Crippen LogP contribution in [0.3, 0.4) is 0 Å². The Kier molecular flexibility index (Phi) is 10.2. The number of aromatic hydroxyl groups is 2. The maximum Gasteiger partial charge on any atom is 0.326 e. The fraction of sp³-hybridized carbons (Fsp3) is 0.360. The van der Waals surface area contributed by atoms with Gasteiger partial charge in [-0.1, -0.05) is 38.1 Å². The molecule has 3 amide bonds. The second-order valence-electron chi connectivity index (χ2n) is 8.70. The van der Waals surface area contributed by atoms with Crippen LogP contribution in [0, 0.1) is 5.92 Å². The van der Waals surface area contributed by atoms with Gasteiger partial charge in [0.05, 0.1) is 6.54 Å². The molecule has 0 bridgehead atoms. The Morgan fingerprint density at radius 3 is 1.56 bits per heavy atom. The topological polar surface area (TPSA) is 191 Å². The van der Waals surface area contributed by atoms with Gasteiger partial charge in [0.1, 0.15) is 29.6 Å². The van der Waals surface area contributed by atoms with E-state index in [1.54, 1.807) is 38.1 Å². The zero-order valence-electron chi connectivity index (χ0n) is 20.1. The lowest BCUT2D eigenvalue weighted by atomic mass is 10.0. The third-order valence-electron chi connectivity index (χ3n) is 5.45. The van der Waals surface area contributed by atoms with Crippen LogP contribution in [0.5, 0.6) is 11.5 Å². The van der Waals surface area contributed by atoms with E-state index in [0.29, 0.717) is 11.1 Å². The summed E-state index contributed by atoms with van der Waals surface area (Å²) in [5.41, 5.74) is 6.63. The predicted molar refractivity (Wildman–Crippen MR) is 131 cm³/mol. The van der Waals surface area contributed by atoms with Gasteiger partial charge in [0, 0.05) is 12.8 Å². The molecule has 2 rings (SSSR count). The lowest BCUT2D eigenvalue weighted by Gasteiger charge is -2.25. The number of hydrogen-bond acceptors (Lipinski definition) is 7. The van der Waals surface area contributed by atoms with Crippen molar-refractivity contribution in [1.29, 1.82) is 0 Å². The maximum absolute atomic E-state index is 13.2. The van der Waals surface area contributed by atoms with E-state index in [1.807, 2.05) is 0 Å². The number of carboxylic acids is 1. The molecule has 8 N–H and O–H groups in total. The van der Waals surface area contributed by atoms with Crippen molar-refractivity contribution in [3.63, 3.8) is 0 Å². The fourth-order valence-electron chi connectivity index (χ4n) is 3.45. The number of carbonyl (C=O) groups is 4. The molecule has 2 aromatic rings. The Morgan fingerprint density at radius 1 is 0.750 bits per heavy atom. The molecule has 3 unspecified atom stereocenters. The van der Waals surface area contributed by atoms with Gasteiger partial charge in [-0.2, -0.15) is 0 Å². The van der Waals surface area contributed by atoms with Gasteiger partial charge in [-0.3, -0.25) is 14.4 Å². The molecule has 0 aliphatic rings. The van der Waals surface area contributed by atoms with Crippen LogP contribution >= 0.6 is 0 Å². The largest absolute Gasteiger partial charge is 0.508 e. The van der Waals surface area contributed by atoms with E-state index < -0.39 is 47.7 Å². The standard InChI is InChI=1S/C25H32N4O7/c1-14(2)22(25(35)36)29-24(34)20(12-16-5-9-18(31)10-6-16)28-23(33)19(27-21(32)13-26)11-15-3-7-17(30)8-4-15/h3-10,14,19-20,22,30-31H,11-13,26H2,1-2H3,(H,27,32)(H,28,33)(H,29,34)(H,35,36). The molecule has 0 heterocycles. The first-order valence-electron chi connectivity index (χ1n) is 11.4. The van der Waals surface area contributed by atoms with E-state index in [4.69, 9.17) is 5.73 Å². The van der Waals surface area contributed by atoms with Crippen LogP contribution in [0.2, 0.25) is 0 Å². The maximum atomic E-state index is 13.2. The van der Waals surface area contributed by atoms with Gasteiger partial charge in [0.15, 0.2) is 0 Å². The SMILES string of the molecule is CC(C)C(NC(=O)C(Cc1ccc(O)cc1)NC(=O)C(Cc1ccc(O)cc1)NC(=O)CN)C(=O)O. The van der Waals surface area contributed by atoms with Gasteiger partial charge in [-0.15, -0.1) is 0 Å². The molecule has 0 saturated heterocycles. The molecule has 11 nitrogen and oxygen atoms in total. The molecular weight excluding hydrogens is 468 g/mol. The molecule has 0 radical (unpaired) electrons. The highest BCUT2D eigenvalue weighted by Crippen LogP contribution is 2.14. The van der Waals surface area contributed by atoms with Crippen molar-refractivity contribution >= 4 is 23.7 Å². The van der Waals surface area contributed by atoms with Gasteiger partial charge in [0.25, 0.3) is 0 Å². The highest BCUT2D eigenvalue weighted by Gasteiger charge is 2.31. The molecule has 11 heteroatoms. The lowest BCUT2D eigenvalue weighted by Crippen LogP contribution is -2.57. The van der Waals surface area contributed by atoms with Crippen molar-refractivity contribution in [1.82, 2.24) is 16.0 Å². The first-order chi connectivity index (χ1) is 17.0. The van der Waals surface area contributed by atoms with Crippen molar-refractivity contribution in [2.45, 2.75) is 44.8 Å². The van der Waals surface area contributed by atoms with Crippen molar-refractivity contribution in [3.05, 3.63) is 59.7 Å². The Hall–Kier alpha value is -4.12. The van der Waals surface area contributed by atoms with E-state index in [1.165, 1.54) is 24.3 Å². The number of hydrogen-bond donors (Lipinski definition) is 7. The van der Waals surface area contributed by atoms with Gasteiger partial charge < -0.3 is 37.0 Å². The second kappa shape index (κ2) is 13.1. The van der Waals surface area contributed by atoms with Crippen LogP contribution in [0.4, 0.5) is 0 Å². The Labute approximate surface area is 208 Å².